The van der Waals surface area contributed by atoms with Gasteiger partial charge < -0.3 is 10.2 Å². The highest BCUT2D eigenvalue weighted by molar-refractivity contribution is 9.10. The Hall–Kier alpha value is -1.81. The highest BCUT2D eigenvalue weighted by atomic mass is 79.9. The van der Waals surface area contributed by atoms with Gasteiger partial charge in [0, 0.05) is 27.6 Å². The van der Waals surface area contributed by atoms with E-state index in [1.165, 1.54) is 4.90 Å². The van der Waals surface area contributed by atoms with Crippen molar-refractivity contribution in [2.24, 2.45) is 0 Å². The summed E-state index contributed by atoms with van der Waals surface area (Å²) in [4.78, 5) is 27.9. The molecule has 0 fully saturated rings. The van der Waals surface area contributed by atoms with Gasteiger partial charge >= 0.3 is 0 Å². The van der Waals surface area contributed by atoms with Gasteiger partial charge in [0.05, 0.1) is 11.9 Å². The maximum Gasteiger partial charge on any atom is 0.244 e. The molecule has 0 saturated heterocycles. The minimum Gasteiger partial charge on any atom is -0.354 e. The minimum atomic E-state index is -3.80. The number of benzene rings is 2. The molecule has 0 spiro atoms. The van der Waals surface area contributed by atoms with Crippen LogP contribution in [0, 0.1) is 0 Å². The van der Waals surface area contributed by atoms with Crippen LogP contribution in [0.25, 0.3) is 0 Å². The summed E-state index contributed by atoms with van der Waals surface area (Å²) in [5.74, 6) is -0.842. The molecule has 2 aromatic carbocycles. The summed E-state index contributed by atoms with van der Waals surface area (Å²) in [6.07, 6.45) is 2.11. The average Bonchev–Trinajstić information content (AvgIpc) is 2.76. The standard InChI is InChI=1S/C23H28BrCl2N3O4S/c1-4-11-27-23(31)21(5-2)28(14-16-9-10-18(25)13-20(16)26)22(30)15-29(34(3,32)33)19-8-6-7-17(24)12-19/h6-10,12-13,21H,4-5,11,14-15H2,1-3H3,(H,27,31). The summed E-state index contributed by atoms with van der Waals surface area (Å²) in [6.45, 7) is 3.73. The summed E-state index contributed by atoms with van der Waals surface area (Å²) >= 11 is 15.7. The van der Waals surface area contributed by atoms with E-state index in [2.05, 4.69) is 21.2 Å². The van der Waals surface area contributed by atoms with Gasteiger partial charge in [0.2, 0.25) is 21.8 Å². The van der Waals surface area contributed by atoms with Crippen molar-refractivity contribution < 1.29 is 18.0 Å². The molecule has 0 bridgehead atoms. The first-order chi connectivity index (χ1) is 16.0. The summed E-state index contributed by atoms with van der Waals surface area (Å²) in [5.41, 5.74) is 0.924. The Morgan fingerprint density at radius 1 is 1.12 bits per heavy atom. The second-order valence-corrected chi connectivity index (χ2v) is 11.4. The molecule has 0 radical (unpaired) electrons. The van der Waals surface area contributed by atoms with Crippen LogP contribution >= 0.6 is 39.1 Å². The normalized spacial score (nSPS) is 12.2. The quantitative estimate of drug-likeness (QED) is 0.404. The maximum atomic E-state index is 13.6. The van der Waals surface area contributed by atoms with Crippen LogP contribution in [0.3, 0.4) is 0 Å². The van der Waals surface area contributed by atoms with E-state index in [9.17, 15) is 18.0 Å². The van der Waals surface area contributed by atoms with Crippen LogP contribution in [-0.2, 0) is 26.2 Å². The number of rotatable bonds is 11. The van der Waals surface area contributed by atoms with Crippen molar-refractivity contribution in [3.63, 3.8) is 0 Å². The SMILES string of the molecule is CCCNC(=O)C(CC)N(Cc1ccc(Cl)cc1Cl)C(=O)CN(c1cccc(Br)c1)S(C)(=O)=O. The minimum absolute atomic E-state index is 0.0168. The summed E-state index contributed by atoms with van der Waals surface area (Å²) in [7, 11) is -3.80. The summed E-state index contributed by atoms with van der Waals surface area (Å²) in [6, 6.07) is 10.7. The molecule has 2 rings (SSSR count). The third-order valence-corrected chi connectivity index (χ3v) is 7.29. The lowest BCUT2D eigenvalue weighted by Crippen LogP contribution is -2.52. The molecule has 1 N–H and O–H groups in total. The molecule has 2 amide bonds. The molecule has 186 valence electrons. The Kier molecular flexibility index (Phi) is 10.7. The zero-order valence-electron chi connectivity index (χ0n) is 19.2. The Bertz CT molecular complexity index is 1130. The number of amides is 2. The van der Waals surface area contributed by atoms with E-state index in [0.717, 1.165) is 17.0 Å². The Morgan fingerprint density at radius 3 is 2.38 bits per heavy atom. The highest BCUT2D eigenvalue weighted by Gasteiger charge is 2.32. The third-order valence-electron chi connectivity index (χ3n) is 5.07. The number of sulfonamides is 1. The molecule has 7 nitrogen and oxygen atoms in total. The smallest absolute Gasteiger partial charge is 0.244 e. The first-order valence-electron chi connectivity index (χ1n) is 10.7. The predicted molar refractivity (Wildman–Crippen MR) is 141 cm³/mol. The lowest BCUT2D eigenvalue weighted by molar-refractivity contribution is -0.140. The molecule has 1 atom stereocenters. The second kappa shape index (κ2) is 12.8. The van der Waals surface area contributed by atoms with Gasteiger partial charge in [-0.05, 0) is 48.7 Å². The van der Waals surface area contributed by atoms with Crippen molar-refractivity contribution >= 4 is 66.7 Å². The van der Waals surface area contributed by atoms with Gasteiger partial charge in [-0.2, -0.15) is 0 Å². The van der Waals surface area contributed by atoms with Crippen LogP contribution in [-0.4, -0.2) is 50.5 Å². The van der Waals surface area contributed by atoms with E-state index in [4.69, 9.17) is 23.2 Å². The number of hydrogen-bond donors (Lipinski definition) is 1. The van der Waals surface area contributed by atoms with Gasteiger partial charge in [0.25, 0.3) is 0 Å². The number of halogens is 3. The van der Waals surface area contributed by atoms with E-state index in [1.807, 2.05) is 6.92 Å². The molecule has 1 unspecified atom stereocenters. The lowest BCUT2D eigenvalue weighted by Gasteiger charge is -2.33. The first-order valence-corrected chi connectivity index (χ1v) is 14.1. The number of nitrogens with one attached hydrogen (secondary N) is 1. The molecule has 0 aromatic heterocycles. The highest BCUT2D eigenvalue weighted by Crippen LogP contribution is 2.26. The van der Waals surface area contributed by atoms with E-state index >= 15 is 0 Å². The maximum absolute atomic E-state index is 13.6. The molecule has 34 heavy (non-hydrogen) atoms. The van der Waals surface area contributed by atoms with Crippen LogP contribution in [0.15, 0.2) is 46.9 Å². The van der Waals surface area contributed by atoms with Crippen molar-refractivity contribution in [1.29, 1.82) is 0 Å². The number of anilines is 1. The number of nitrogens with zero attached hydrogens (tertiary/aromatic N) is 2. The average molecular weight is 593 g/mol. The molecular formula is C23H28BrCl2N3O4S. The van der Waals surface area contributed by atoms with Gasteiger partial charge in [0.1, 0.15) is 12.6 Å². The van der Waals surface area contributed by atoms with E-state index in [0.29, 0.717) is 38.7 Å². The van der Waals surface area contributed by atoms with Crippen molar-refractivity contribution in [2.45, 2.75) is 39.3 Å². The monoisotopic (exact) mass is 591 g/mol. The zero-order valence-corrected chi connectivity index (χ0v) is 23.1. The molecule has 11 heteroatoms. The molecular weight excluding hydrogens is 565 g/mol. The fraction of sp³-hybridized carbons (Fsp3) is 0.391. The van der Waals surface area contributed by atoms with Gasteiger partial charge in [-0.15, -0.1) is 0 Å². The van der Waals surface area contributed by atoms with Crippen LogP contribution < -0.4 is 9.62 Å². The van der Waals surface area contributed by atoms with E-state index in [-0.39, 0.29) is 12.5 Å². The Morgan fingerprint density at radius 2 is 1.82 bits per heavy atom. The molecule has 2 aromatic rings. The number of carbonyl (C=O) groups is 2. The van der Waals surface area contributed by atoms with Gasteiger partial charge in [0.15, 0.2) is 0 Å². The fourth-order valence-electron chi connectivity index (χ4n) is 3.36. The first kappa shape index (κ1) is 28.4. The van der Waals surface area contributed by atoms with Gasteiger partial charge in [-0.3, -0.25) is 13.9 Å². The van der Waals surface area contributed by atoms with Crippen LogP contribution in [0.1, 0.15) is 32.3 Å². The Labute approximate surface area is 219 Å². The lowest BCUT2D eigenvalue weighted by atomic mass is 10.1. The van der Waals surface area contributed by atoms with E-state index in [1.54, 1.807) is 49.4 Å². The summed E-state index contributed by atoms with van der Waals surface area (Å²) < 4.78 is 26.9. The topological polar surface area (TPSA) is 86.8 Å². The molecule has 0 aliphatic rings. The Balaban J connectivity index is 2.46. The predicted octanol–water partition coefficient (Wildman–Crippen LogP) is 4.86. The van der Waals surface area contributed by atoms with Crippen LogP contribution in [0.4, 0.5) is 5.69 Å². The van der Waals surface area contributed by atoms with Gasteiger partial charge in [-0.25, -0.2) is 8.42 Å². The van der Waals surface area contributed by atoms with Crippen molar-refractivity contribution in [2.75, 3.05) is 23.7 Å². The molecule has 0 heterocycles. The molecule has 0 aliphatic carbocycles. The number of carbonyl (C=O) groups excluding carboxylic acids is 2. The van der Waals surface area contributed by atoms with Gasteiger partial charge in [-0.1, -0.05) is 65.1 Å². The third kappa shape index (κ3) is 7.86. The summed E-state index contributed by atoms with van der Waals surface area (Å²) in [5, 5.41) is 3.62. The molecule has 0 saturated carbocycles. The number of hydrogen-bond acceptors (Lipinski definition) is 4. The van der Waals surface area contributed by atoms with Crippen molar-refractivity contribution in [3.8, 4) is 0 Å². The van der Waals surface area contributed by atoms with Crippen LogP contribution in [0.2, 0.25) is 10.0 Å². The molecule has 0 aliphatic heterocycles. The zero-order chi connectivity index (χ0) is 25.5. The second-order valence-electron chi connectivity index (χ2n) is 7.72. The largest absolute Gasteiger partial charge is 0.354 e. The van der Waals surface area contributed by atoms with E-state index < -0.39 is 28.5 Å². The van der Waals surface area contributed by atoms with Crippen molar-refractivity contribution in [1.82, 2.24) is 10.2 Å². The van der Waals surface area contributed by atoms with Crippen molar-refractivity contribution in [3.05, 3.63) is 62.5 Å². The fourth-order valence-corrected chi connectivity index (χ4v) is 5.06. The van der Waals surface area contributed by atoms with Crippen LogP contribution in [0.5, 0.6) is 0 Å².